The molecule has 1 fully saturated rings. The van der Waals surface area contributed by atoms with Crippen molar-refractivity contribution in [1.82, 2.24) is 10.2 Å². The standard InChI is InChI=1S/C13H20N2O/c1-11(15-9-7-14-8-10-15)12-5-3-4-6-13(12)16-2/h3-6,11,14H,7-10H2,1-2H3/t11-/m1/s1. The number of nitrogens with zero attached hydrogens (tertiary/aromatic N) is 1. The molecule has 1 heterocycles. The van der Waals surface area contributed by atoms with Gasteiger partial charge >= 0.3 is 0 Å². The molecule has 0 bridgehead atoms. The van der Waals surface area contributed by atoms with Gasteiger partial charge in [-0.25, -0.2) is 0 Å². The Labute approximate surface area is 97.4 Å². The van der Waals surface area contributed by atoms with E-state index in [1.165, 1.54) is 5.56 Å². The van der Waals surface area contributed by atoms with Crippen LogP contribution in [-0.2, 0) is 0 Å². The van der Waals surface area contributed by atoms with Gasteiger partial charge in [-0.15, -0.1) is 0 Å². The lowest BCUT2D eigenvalue weighted by molar-refractivity contribution is 0.182. The van der Waals surface area contributed by atoms with Gasteiger partial charge in [-0.1, -0.05) is 18.2 Å². The molecule has 1 aromatic carbocycles. The lowest BCUT2D eigenvalue weighted by atomic mass is 10.1. The average molecular weight is 220 g/mol. The van der Waals surface area contributed by atoms with Crippen molar-refractivity contribution in [3.8, 4) is 5.75 Å². The molecule has 1 aliphatic heterocycles. The first-order chi connectivity index (χ1) is 7.83. The zero-order chi connectivity index (χ0) is 11.4. The van der Waals surface area contributed by atoms with Gasteiger partial charge in [-0.2, -0.15) is 0 Å². The Morgan fingerprint density at radius 2 is 1.94 bits per heavy atom. The van der Waals surface area contributed by atoms with Gasteiger partial charge in [-0.3, -0.25) is 4.90 Å². The van der Waals surface area contributed by atoms with E-state index in [0.29, 0.717) is 6.04 Å². The predicted molar refractivity (Wildman–Crippen MR) is 65.9 cm³/mol. The monoisotopic (exact) mass is 220 g/mol. The molecular weight excluding hydrogens is 200 g/mol. The summed E-state index contributed by atoms with van der Waals surface area (Å²) < 4.78 is 5.41. The van der Waals surface area contributed by atoms with Gasteiger partial charge < -0.3 is 10.1 Å². The van der Waals surface area contributed by atoms with Gasteiger partial charge in [0.05, 0.1) is 7.11 Å². The van der Waals surface area contributed by atoms with Crippen LogP contribution in [0.25, 0.3) is 0 Å². The quantitative estimate of drug-likeness (QED) is 0.838. The lowest BCUT2D eigenvalue weighted by Crippen LogP contribution is -2.44. The number of nitrogens with one attached hydrogen (secondary N) is 1. The SMILES string of the molecule is COc1ccccc1[C@@H](C)N1CCNCC1. The minimum absolute atomic E-state index is 0.429. The molecule has 1 aromatic rings. The molecular formula is C13H20N2O. The summed E-state index contributed by atoms with van der Waals surface area (Å²) in [6, 6.07) is 8.72. The third-order valence-electron chi connectivity index (χ3n) is 3.29. The molecule has 0 unspecified atom stereocenters. The van der Waals surface area contributed by atoms with E-state index < -0.39 is 0 Å². The number of rotatable bonds is 3. The highest BCUT2D eigenvalue weighted by Crippen LogP contribution is 2.28. The van der Waals surface area contributed by atoms with E-state index in [-0.39, 0.29) is 0 Å². The Morgan fingerprint density at radius 1 is 1.25 bits per heavy atom. The third-order valence-corrected chi connectivity index (χ3v) is 3.29. The summed E-state index contributed by atoms with van der Waals surface area (Å²) in [6.45, 7) is 6.64. The Bertz CT molecular complexity index is 334. The maximum absolute atomic E-state index is 5.41. The predicted octanol–water partition coefficient (Wildman–Crippen LogP) is 1.66. The first-order valence-electron chi connectivity index (χ1n) is 5.90. The summed E-state index contributed by atoms with van der Waals surface area (Å²) in [7, 11) is 1.74. The first-order valence-corrected chi connectivity index (χ1v) is 5.90. The van der Waals surface area contributed by atoms with Crippen LogP contribution in [-0.4, -0.2) is 38.2 Å². The van der Waals surface area contributed by atoms with E-state index in [4.69, 9.17) is 4.74 Å². The minimum atomic E-state index is 0.429. The van der Waals surface area contributed by atoms with E-state index in [1.807, 2.05) is 12.1 Å². The molecule has 0 radical (unpaired) electrons. The normalized spacial score (nSPS) is 19.4. The highest BCUT2D eigenvalue weighted by atomic mass is 16.5. The molecule has 3 heteroatoms. The van der Waals surface area contributed by atoms with Gasteiger partial charge in [0.25, 0.3) is 0 Å². The maximum Gasteiger partial charge on any atom is 0.123 e. The molecule has 3 nitrogen and oxygen atoms in total. The zero-order valence-electron chi connectivity index (χ0n) is 10.1. The van der Waals surface area contributed by atoms with Crippen LogP contribution in [0, 0.1) is 0 Å². The molecule has 0 aromatic heterocycles. The fraction of sp³-hybridized carbons (Fsp3) is 0.538. The number of methoxy groups -OCH3 is 1. The number of hydrogen-bond acceptors (Lipinski definition) is 3. The van der Waals surface area contributed by atoms with Crippen molar-refractivity contribution < 1.29 is 4.74 Å². The van der Waals surface area contributed by atoms with Crippen molar-refractivity contribution in [1.29, 1.82) is 0 Å². The van der Waals surface area contributed by atoms with E-state index in [9.17, 15) is 0 Å². The van der Waals surface area contributed by atoms with Crippen LogP contribution < -0.4 is 10.1 Å². The number of ether oxygens (including phenoxy) is 1. The second-order valence-corrected chi connectivity index (χ2v) is 4.20. The molecule has 88 valence electrons. The molecule has 1 aliphatic rings. The van der Waals surface area contributed by atoms with Crippen LogP contribution >= 0.6 is 0 Å². The van der Waals surface area contributed by atoms with Gasteiger partial charge in [0.2, 0.25) is 0 Å². The molecule has 0 saturated carbocycles. The molecule has 1 N–H and O–H groups in total. The van der Waals surface area contributed by atoms with Crippen molar-refractivity contribution >= 4 is 0 Å². The van der Waals surface area contributed by atoms with Gasteiger partial charge in [0.1, 0.15) is 5.75 Å². The smallest absolute Gasteiger partial charge is 0.123 e. The van der Waals surface area contributed by atoms with Crippen molar-refractivity contribution in [3.05, 3.63) is 29.8 Å². The summed E-state index contributed by atoms with van der Waals surface area (Å²) in [4.78, 5) is 2.49. The molecule has 0 spiro atoms. The van der Waals surface area contributed by atoms with Gasteiger partial charge in [0, 0.05) is 37.8 Å². The van der Waals surface area contributed by atoms with E-state index in [0.717, 1.165) is 31.9 Å². The van der Waals surface area contributed by atoms with Crippen molar-refractivity contribution in [2.45, 2.75) is 13.0 Å². The Hall–Kier alpha value is -1.06. The van der Waals surface area contributed by atoms with Crippen molar-refractivity contribution in [2.75, 3.05) is 33.3 Å². The van der Waals surface area contributed by atoms with Crippen LogP contribution in [0.5, 0.6) is 5.75 Å². The number of benzene rings is 1. The Morgan fingerprint density at radius 3 is 2.62 bits per heavy atom. The van der Waals surface area contributed by atoms with Crippen molar-refractivity contribution in [3.63, 3.8) is 0 Å². The summed E-state index contributed by atoms with van der Waals surface area (Å²) in [5.41, 5.74) is 1.28. The summed E-state index contributed by atoms with van der Waals surface area (Å²) in [5.74, 6) is 0.994. The topological polar surface area (TPSA) is 24.5 Å². The number of piperazine rings is 1. The van der Waals surface area contributed by atoms with Gasteiger partial charge in [-0.05, 0) is 13.0 Å². The van der Waals surface area contributed by atoms with Gasteiger partial charge in [0.15, 0.2) is 0 Å². The third kappa shape index (κ3) is 2.36. The Kier molecular flexibility index (Phi) is 3.80. The largest absolute Gasteiger partial charge is 0.496 e. The van der Waals surface area contributed by atoms with Crippen LogP contribution in [0.2, 0.25) is 0 Å². The molecule has 0 amide bonds. The minimum Gasteiger partial charge on any atom is -0.496 e. The Balaban J connectivity index is 2.15. The van der Waals surface area contributed by atoms with E-state index >= 15 is 0 Å². The number of para-hydroxylation sites is 1. The maximum atomic E-state index is 5.41. The van der Waals surface area contributed by atoms with Crippen molar-refractivity contribution in [2.24, 2.45) is 0 Å². The van der Waals surface area contributed by atoms with Crippen LogP contribution in [0.4, 0.5) is 0 Å². The first kappa shape index (κ1) is 11.4. The second-order valence-electron chi connectivity index (χ2n) is 4.20. The fourth-order valence-electron chi connectivity index (χ4n) is 2.28. The zero-order valence-corrected chi connectivity index (χ0v) is 10.1. The number of hydrogen-bond donors (Lipinski definition) is 1. The molecule has 2 rings (SSSR count). The summed E-state index contributed by atoms with van der Waals surface area (Å²) >= 11 is 0. The fourth-order valence-corrected chi connectivity index (χ4v) is 2.28. The average Bonchev–Trinajstić information content (AvgIpc) is 2.39. The lowest BCUT2D eigenvalue weighted by Gasteiger charge is -2.33. The molecule has 0 aliphatic carbocycles. The molecule has 16 heavy (non-hydrogen) atoms. The molecule has 1 atom stereocenters. The summed E-state index contributed by atoms with van der Waals surface area (Å²) in [5, 5.41) is 3.38. The second kappa shape index (κ2) is 5.32. The van der Waals surface area contributed by atoms with Crippen LogP contribution in [0.15, 0.2) is 24.3 Å². The highest BCUT2D eigenvalue weighted by Gasteiger charge is 2.20. The van der Waals surface area contributed by atoms with E-state index in [1.54, 1.807) is 7.11 Å². The summed E-state index contributed by atoms with van der Waals surface area (Å²) in [6.07, 6.45) is 0. The van der Waals surface area contributed by atoms with Crippen LogP contribution in [0.3, 0.4) is 0 Å². The van der Waals surface area contributed by atoms with Crippen LogP contribution in [0.1, 0.15) is 18.5 Å². The highest BCUT2D eigenvalue weighted by molar-refractivity contribution is 5.35. The van der Waals surface area contributed by atoms with E-state index in [2.05, 4.69) is 29.3 Å². The molecule has 1 saturated heterocycles.